The quantitative estimate of drug-likeness (QED) is 0.247. The minimum atomic E-state index is -1.05. The van der Waals surface area contributed by atoms with Gasteiger partial charge in [-0.15, -0.1) is 0 Å². The number of benzene rings is 1. The van der Waals surface area contributed by atoms with Gasteiger partial charge in [0.15, 0.2) is 5.78 Å². The zero-order chi connectivity index (χ0) is 28.8. The number of rotatable bonds is 12. The molecule has 1 atom stereocenters. The van der Waals surface area contributed by atoms with Crippen LogP contribution in [0.25, 0.3) is 0 Å². The summed E-state index contributed by atoms with van der Waals surface area (Å²) in [6.07, 6.45) is 8.86. The van der Waals surface area contributed by atoms with E-state index in [2.05, 4.69) is 20.4 Å². The van der Waals surface area contributed by atoms with Crippen LogP contribution in [0.1, 0.15) is 101 Å². The summed E-state index contributed by atoms with van der Waals surface area (Å²) in [7, 11) is 1.50. The van der Waals surface area contributed by atoms with Crippen LogP contribution >= 0.6 is 0 Å². The first-order chi connectivity index (χ1) is 17.8. The van der Waals surface area contributed by atoms with E-state index in [0.29, 0.717) is 24.0 Å². The minimum Gasteiger partial charge on any atom is -0.480 e. The number of hydrogen-bond acceptors (Lipinski definition) is 4. The smallest absolute Gasteiger partial charge is 0.326 e. The van der Waals surface area contributed by atoms with Crippen molar-refractivity contribution in [3.63, 3.8) is 0 Å². The van der Waals surface area contributed by atoms with Gasteiger partial charge in [-0.2, -0.15) is 0 Å². The highest BCUT2D eigenvalue weighted by Gasteiger charge is 2.35. The van der Waals surface area contributed by atoms with Crippen LogP contribution in [0.4, 0.5) is 0 Å². The van der Waals surface area contributed by atoms with E-state index in [-0.39, 0.29) is 23.5 Å². The fourth-order valence-corrected chi connectivity index (χ4v) is 5.56. The van der Waals surface area contributed by atoms with Crippen LogP contribution in [0.5, 0.6) is 0 Å². The van der Waals surface area contributed by atoms with E-state index in [9.17, 15) is 24.6 Å². The third-order valence-electron chi connectivity index (χ3n) is 8.65. The Morgan fingerprint density at radius 2 is 1.74 bits per heavy atom. The van der Waals surface area contributed by atoms with Gasteiger partial charge < -0.3 is 15.1 Å². The van der Waals surface area contributed by atoms with Gasteiger partial charge in [-0.1, -0.05) is 57.6 Å². The molecule has 1 saturated carbocycles. The maximum atomic E-state index is 13.0. The van der Waals surface area contributed by atoms with Crippen LogP contribution in [-0.4, -0.2) is 51.5 Å². The number of aliphatic hydroxyl groups is 1. The number of aliphatic carboxylic acids is 1. The van der Waals surface area contributed by atoms with Crippen molar-refractivity contribution in [3.8, 4) is 0 Å². The average Bonchev–Trinajstić information content (AvgIpc) is 3.32. The molecule has 0 radical (unpaired) electrons. The van der Waals surface area contributed by atoms with Crippen molar-refractivity contribution in [1.29, 1.82) is 0 Å². The van der Waals surface area contributed by atoms with Crippen LogP contribution < -0.4 is 0 Å². The first kappa shape index (κ1) is 31.2. The standard InChI is InChI=1S/C32H45NO5/c1-9-25(18-21(4)23(6)28(34)20-31(38)16-12-13-17-31)32(10-2,11-3)26-14-15-27(22(5)19-26)29(35)33(8)24(7)30(36)37/h9,14-15,18-19,24,38H,1,10-13,16-17,20H2,2-8H3,(H,36,37)/b23-21+,25-18+. The molecule has 1 aliphatic rings. The zero-order valence-corrected chi connectivity index (χ0v) is 24.2. The zero-order valence-electron chi connectivity index (χ0n) is 24.2. The number of hydrogen-bond donors (Lipinski definition) is 2. The number of ketones is 1. The summed E-state index contributed by atoms with van der Waals surface area (Å²) < 4.78 is 0. The first-order valence-electron chi connectivity index (χ1n) is 13.7. The van der Waals surface area contributed by atoms with Gasteiger partial charge in [0.2, 0.25) is 0 Å². The van der Waals surface area contributed by atoms with Gasteiger partial charge in [0.05, 0.1) is 5.60 Å². The largest absolute Gasteiger partial charge is 0.480 e. The summed E-state index contributed by atoms with van der Waals surface area (Å²) in [6.45, 7) is 15.4. The van der Waals surface area contributed by atoms with Crippen molar-refractivity contribution in [2.24, 2.45) is 0 Å². The van der Waals surface area contributed by atoms with Crippen LogP contribution in [0.3, 0.4) is 0 Å². The molecular formula is C32H45NO5. The summed E-state index contributed by atoms with van der Waals surface area (Å²) in [5, 5.41) is 20.0. The molecule has 2 rings (SSSR count). The topological polar surface area (TPSA) is 94.9 Å². The molecule has 0 spiro atoms. The van der Waals surface area contributed by atoms with Crippen molar-refractivity contribution in [2.75, 3.05) is 7.05 Å². The Morgan fingerprint density at radius 3 is 2.21 bits per heavy atom. The molecule has 1 aromatic rings. The van der Waals surface area contributed by atoms with E-state index in [1.54, 1.807) is 6.07 Å². The number of allylic oxidation sites excluding steroid dienone is 5. The molecule has 0 aromatic heterocycles. The van der Waals surface area contributed by atoms with E-state index >= 15 is 0 Å². The van der Waals surface area contributed by atoms with Crippen molar-refractivity contribution in [1.82, 2.24) is 4.90 Å². The van der Waals surface area contributed by atoms with Gasteiger partial charge in [0.25, 0.3) is 5.91 Å². The van der Waals surface area contributed by atoms with E-state index < -0.39 is 17.6 Å². The summed E-state index contributed by atoms with van der Waals surface area (Å²) in [4.78, 5) is 38.6. The van der Waals surface area contributed by atoms with E-state index in [1.807, 2.05) is 45.1 Å². The molecule has 1 amide bonds. The second kappa shape index (κ2) is 12.7. The van der Waals surface area contributed by atoms with Crippen LogP contribution in [0, 0.1) is 6.92 Å². The molecule has 0 heterocycles. The maximum Gasteiger partial charge on any atom is 0.326 e. The number of aryl methyl sites for hydroxylation is 1. The van der Waals surface area contributed by atoms with E-state index in [4.69, 9.17) is 0 Å². The fourth-order valence-electron chi connectivity index (χ4n) is 5.56. The lowest BCUT2D eigenvalue weighted by molar-refractivity contribution is -0.141. The number of carboxylic acids is 1. The lowest BCUT2D eigenvalue weighted by atomic mass is 9.69. The normalized spacial score (nSPS) is 17.0. The molecule has 208 valence electrons. The SMILES string of the molecule is C=C/C(=C\C(C)=C(/C)C(=O)CC1(O)CCCC1)C(CC)(CC)c1ccc(C(=O)N(C)C(C)C(=O)O)c(C)c1. The van der Waals surface area contributed by atoms with Crippen molar-refractivity contribution < 1.29 is 24.6 Å². The average molecular weight is 524 g/mol. The lowest BCUT2D eigenvalue weighted by Gasteiger charge is -2.35. The Kier molecular flexibility index (Phi) is 10.4. The van der Waals surface area contributed by atoms with Gasteiger partial charge >= 0.3 is 5.97 Å². The monoisotopic (exact) mass is 523 g/mol. The first-order valence-corrected chi connectivity index (χ1v) is 13.7. The second-order valence-electron chi connectivity index (χ2n) is 10.9. The van der Waals surface area contributed by atoms with Gasteiger partial charge in [-0.05, 0) is 87.3 Å². The number of carbonyl (C=O) groups excluding carboxylic acids is 2. The highest BCUT2D eigenvalue weighted by atomic mass is 16.4. The van der Waals surface area contributed by atoms with Crippen molar-refractivity contribution in [3.05, 3.63) is 70.3 Å². The molecule has 38 heavy (non-hydrogen) atoms. The van der Waals surface area contributed by atoms with Gasteiger partial charge in [0, 0.05) is 24.4 Å². The lowest BCUT2D eigenvalue weighted by Crippen LogP contribution is -2.40. The summed E-state index contributed by atoms with van der Waals surface area (Å²) in [6, 6.07) is 4.79. The Labute approximate surface area is 228 Å². The number of nitrogens with zero attached hydrogens (tertiary/aromatic N) is 1. The molecular weight excluding hydrogens is 478 g/mol. The van der Waals surface area contributed by atoms with E-state index in [1.165, 1.54) is 18.9 Å². The Morgan fingerprint density at radius 1 is 1.16 bits per heavy atom. The number of carbonyl (C=O) groups is 3. The van der Waals surface area contributed by atoms with Crippen LogP contribution in [0.2, 0.25) is 0 Å². The predicted octanol–water partition coefficient (Wildman–Crippen LogP) is 6.31. The third-order valence-corrected chi connectivity index (χ3v) is 8.65. The molecule has 0 saturated heterocycles. The minimum absolute atomic E-state index is 0.0245. The number of carboxylic acid groups (broad SMARTS) is 1. The van der Waals surface area contributed by atoms with Crippen molar-refractivity contribution >= 4 is 17.7 Å². The number of Topliss-reactive ketones (excluding diaryl/α,β-unsaturated/α-hetero) is 1. The summed E-state index contributed by atoms with van der Waals surface area (Å²) in [5.74, 6) is -1.41. The Balaban J connectivity index is 2.47. The van der Waals surface area contributed by atoms with Crippen LogP contribution in [-0.2, 0) is 15.0 Å². The Hall–Kier alpha value is -2.99. The highest BCUT2D eigenvalue weighted by molar-refractivity contribution is 5.98. The van der Waals surface area contributed by atoms with Crippen molar-refractivity contribution in [2.45, 2.75) is 104 Å². The molecule has 6 nitrogen and oxygen atoms in total. The fraction of sp³-hybridized carbons (Fsp3) is 0.531. The van der Waals surface area contributed by atoms with Gasteiger partial charge in [0.1, 0.15) is 6.04 Å². The Bertz CT molecular complexity index is 1130. The highest BCUT2D eigenvalue weighted by Crippen LogP contribution is 2.41. The third kappa shape index (κ3) is 6.52. The molecule has 2 N–H and O–H groups in total. The molecule has 6 heteroatoms. The van der Waals surface area contributed by atoms with Gasteiger partial charge in [-0.3, -0.25) is 9.59 Å². The molecule has 1 unspecified atom stereocenters. The van der Waals surface area contributed by atoms with Crippen LogP contribution in [0.15, 0.2) is 53.6 Å². The molecule has 1 aliphatic carbocycles. The molecule has 0 aliphatic heterocycles. The summed E-state index contributed by atoms with van der Waals surface area (Å²) >= 11 is 0. The molecule has 1 fully saturated rings. The number of amides is 1. The predicted molar refractivity (Wildman–Crippen MR) is 152 cm³/mol. The molecule has 1 aromatic carbocycles. The van der Waals surface area contributed by atoms with E-state index in [0.717, 1.165) is 48.0 Å². The van der Waals surface area contributed by atoms with Gasteiger partial charge in [-0.25, -0.2) is 4.79 Å². The second-order valence-corrected chi connectivity index (χ2v) is 10.9. The maximum absolute atomic E-state index is 13.0. The number of likely N-dealkylation sites (N-methyl/N-ethyl adjacent to an activating group) is 1. The summed E-state index contributed by atoms with van der Waals surface area (Å²) in [5.41, 5.74) is 3.50. The molecule has 0 bridgehead atoms.